The zero-order valence-electron chi connectivity index (χ0n) is 13.3. The van der Waals surface area contributed by atoms with Gasteiger partial charge in [-0.1, -0.05) is 13.8 Å². The van der Waals surface area contributed by atoms with E-state index in [4.69, 9.17) is 0 Å². The number of nitrogens with one attached hydrogen (secondary N) is 1. The van der Waals surface area contributed by atoms with Crippen LogP contribution in [-0.4, -0.2) is 62.2 Å². The SMILES string of the molecule is CC(C)C(C)NCCN(C)CC1(N(C)C)CCC1. The zero-order chi connectivity index (χ0) is 13.8. The number of hydrogen-bond donors (Lipinski definition) is 1. The number of likely N-dealkylation sites (N-methyl/N-ethyl adjacent to an activating group) is 2. The molecule has 0 aliphatic heterocycles. The van der Waals surface area contributed by atoms with E-state index in [9.17, 15) is 0 Å². The van der Waals surface area contributed by atoms with Crippen LogP contribution in [0.2, 0.25) is 0 Å². The van der Waals surface area contributed by atoms with Crippen molar-refractivity contribution in [1.82, 2.24) is 15.1 Å². The summed E-state index contributed by atoms with van der Waals surface area (Å²) in [6, 6.07) is 0.616. The van der Waals surface area contributed by atoms with E-state index < -0.39 is 0 Å². The molecule has 1 unspecified atom stereocenters. The first-order valence-electron chi connectivity index (χ1n) is 7.47. The van der Waals surface area contributed by atoms with Crippen molar-refractivity contribution < 1.29 is 0 Å². The molecule has 1 aliphatic rings. The molecule has 0 aromatic carbocycles. The van der Waals surface area contributed by atoms with E-state index >= 15 is 0 Å². The molecule has 1 atom stereocenters. The maximum atomic E-state index is 3.61. The Morgan fingerprint density at radius 1 is 1.11 bits per heavy atom. The second-order valence-corrected chi connectivity index (χ2v) is 6.70. The number of nitrogens with zero attached hydrogens (tertiary/aromatic N) is 2. The Morgan fingerprint density at radius 2 is 1.72 bits per heavy atom. The molecule has 1 saturated carbocycles. The van der Waals surface area contributed by atoms with E-state index in [1.807, 2.05) is 0 Å². The van der Waals surface area contributed by atoms with Crippen LogP contribution in [0, 0.1) is 5.92 Å². The molecule has 108 valence electrons. The predicted octanol–water partition coefficient (Wildman–Crippen LogP) is 2.04. The highest BCUT2D eigenvalue weighted by atomic mass is 15.2. The van der Waals surface area contributed by atoms with Gasteiger partial charge >= 0.3 is 0 Å². The minimum absolute atomic E-state index is 0.457. The average Bonchev–Trinajstić information content (AvgIpc) is 2.22. The van der Waals surface area contributed by atoms with Crippen LogP contribution in [0.1, 0.15) is 40.0 Å². The Hall–Kier alpha value is -0.120. The summed E-state index contributed by atoms with van der Waals surface area (Å²) in [7, 11) is 6.71. The summed E-state index contributed by atoms with van der Waals surface area (Å²) in [5, 5.41) is 3.61. The summed E-state index contributed by atoms with van der Waals surface area (Å²) < 4.78 is 0. The third kappa shape index (κ3) is 4.22. The summed E-state index contributed by atoms with van der Waals surface area (Å²) in [6.45, 7) is 10.3. The minimum Gasteiger partial charge on any atom is -0.313 e. The van der Waals surface area contributed by atoms with E-state index in [1.54, 1.807) is 0 Å². The first-order valence-corrected chi connectivity index (χ1v) is 7.47. The molecule has 1 aliphatic carbocycles. The quantitative estimate of drug-likeness (QED) is 0.716. The van der Waals surface area contributed by atoms with E-state index in [2.05, 4.69) is 57.0 Å². The van der Waals surface area contributed by atoms with Crippen LogP contribution < -0.4 is 5.32 Å². The summed E-state index contributed by atoms with van der Waals surface area (Å²) in [6.07, 6.45) is 4.12. The van der Waals surface area contributed by atoms with Gasteiger partial charge in [0.05, 0.1) is 0 Å². The molecule has 3 heteroatoms. The molecule has 0 aromatic heterocycles. The van der Waals surface area contributed by atoms with Crippen LogP contribution in [0.4, 0.5) is 0 Å². The summed E-state index contributed by atoms with van der Waals surface area (Å²) in [5.74, 6) is 0.718. The topological polar surface area (TPSA) is 18.5 Å². The van der Waals surface area contributed by atoms with Gasteiger partial charge in [-0.2, -0.15) is 0 Å². The van der Waals surface area contributed by atoms with Crippen molar-refractivity contribution in [2.45, 2.75) is 51.6 Å². The molecule has 0 saturated heterocycles. The Balaban J connectivity index is 2.23. The number of hydrogen-bond acceptors (Lipinski definition) is 3. The molecule has 0 spiro atoms. The van der Waals surface area contributed by atoms with E-state index in [0.717, 1.165) is 19.0 Å². The molecular weight excluding hydrogens is 222 g/mol. The maximum absolute atomic E-state index is 3.61. The molecule has 0 aromatic rings. The summed E-state index contributed by atoms with van der Waals surface area (Å²) in [4.78, 5) is 4.91. The van der Waals surface area contributed by atoms with Crippen molar-refractivity contribution in [3.63, 3.8) is 0 Å². The average molecular weight is 255 g/mol. The second-order valence-electron chi connectivity index (χ2n) is 6.70. The van der Waals surface area contributed by atoms with Crippen LogP contribution in [0.5, 0.6) is 0 Å². The van der Waals surface area contributed by atoms with E-state index in [0.29, 0.717) is 11.6 Å². The first kappa shape index (κ1) is 15.9. The summed E-state index contributed by atoms with van der Waals surface area (Å²) >= 11 is 0. The van der Waals surface area contributed by atoms with Gasteiger partial charge in [-0.3, -0.25) is 0 Å². The van der Waals surface area contributed by atoms with Crippen LogP contribution in [0.25, 0.3) is 0 Å². The lowest BCUT2D eigenvalue weighted by Crippen LogP contribution is -2.57. The van der Waals surface area contributed by atoms with Crippen LogP contribution in [0.3, 0.4) is 0 Å². The molecule has 0 heterocycles. The van der Waals surface area contributed by atoms with Crippen molar-refractivity contribution in [2.24, 2.45) is 5.92 Å². The Morgan fingerprint density at radius 3 is 2.11 bits per heavy atom. The van der Waals surface area contributed by atoms with Gasteiger partial charge in [0.2, 0.25) is 0 Å². The molecule has 0 radical (unpaired) electrons. The molecule has 1 N–H and O–H groups in total. The molecule has 18 heavy (non-hydrogen) atoms. The van der Waals surface area contributed by atoms with Crippen molar-refractivity contribution in [1.29, 1.82) is 0 Å². The maximum Gasteiger partial charge on any atom is 0.0330 e. The second kappa shape index (κ2) is 6.88. The molecule has 1 fully saturated rings. The van der Waals surface area contributed by atoms with E-state index in [-0.39, 0.29) is 0 Å². The predicted molar refractivity (Wildman–Crippen MR) is 80.1 cm³/mol. The zero-order valence-corrected chi connectivity index (χ0v) is 13.3. The van der Waals surface area contributed by atoms with E-state index in [1.165, 1.54) is 25.8 Å². The minimum atomic E-state index is 0.457. The van der Waals surface area contributed by atoms with Crippen molar-refractivity contribution in [3.05, 3.63) is 0 Å². The third-order valence-corrected chi connectivity index (χ3v) is 4.76. The van der Waals surface area contributed by atoms with Gasteiger partial charge in [-0.15, -0.1) is 0 Å². The molecule has 0 bridgehead atoms. The number of rotatable bonds is 8. The normalized spacial score (nSPS) is 20.5. The highest BCUT2D eigenvalue weighted by Gasteiger charge is 2.39. The Kier molecular flexibility index (Phi) is 6.09. The van der Waals surface area contributed by atoms with Crippen LogP contribution >= 0.6 is 0 Å². The van der Waals surface area contributed by atoms with Gasteiger partial charge in [0.25, 0.3) is 0 Å². The fourth-order valence-electron chi connectivity index (χ4n) is 2.63. The van der Waals surface area contributed by atoms with Gasteiger partial charge in [0, 0.05) is 31.2 Å². The standard InChI is InChI=1S/C15H33N3/c1-13(2)14(3)16-10-11-18(6)12-15(17(4)5)8-7-9-15/h13-14,16H,7-12H2,1-6H3. The lowest BCUT2D eigenvalue weighted by atomic mass is 9.75. The van der Waals surface area contributed by atoms with Gasteiger partial charge in [0.15, 0.2) is 0 Å². The fourth-order valence-corrected chi connectivity index (χ4v) is 2.63. The highest BCUT2D eigenvalue weighted by Crippen LogP contribution is 2.36. The molecule has 1 rings (SSSR count). The van der Waals surface area contributed by atoms with Crippen LogP contribution in [0.15, 0.2) is 0 Å². The Bertz CT molecular complexity index is 234. The smallest absolute Gasteiger partial charge is 0.0330 e. The Labute approximate surface area is 114 Å². The highest BCUT2D eigenvalue weighted by molar-refractivity contribution is 4.97. The lowest BCUT2D eigenvalue weighted by Gasteiger charge is -2.49. The molecular formula is C15H33N3. The molecule has 0 amide bonds. The summed E-state index contributed by atoms with van der Waals surface area (Å²) in [5.41, 5.74) is 0.457. The van der Waals surface area contributed by atoms with Crippen LogP contribution in [-0.2, 0) is 0 Å². The largest absolute Gasteiger partial charge is 0.313 e. The van der Waals surface area contributed by atoms with Gasteiger partial charge < -0.3 is 15.1 Å². The first-order chi connectivity index (χ1) is 8.37. The lowest BCUT2D eigenvalue weighted by molar-refractivity contribution is 0.0280. The fraction of sp³-hybridized carbons (Fsp3) is 1.00. The van der Waals surface area contributed by atoms with Crippen molar-refractivity contribution in [3.8, 4) is 0 Å². The third-order valence-electron chi connectivity index (χ3n) is 4.76. The monoisotopic (exact) mass is 255 g/mol. The molecule has 3 nitrogen and oxygen atoms in total. The van der Waals surface area contributed by atoms with Crippen molar-refractivity contribution in [2.75, 3.05) is 40.8 Å². The van der Waals surface area contributed by atoms with Gasteiger partial charge in [-0.25, -0.2) is 0 Å². The van der Waals surface area contributed by atoms with Gasteiger partial charge in [-0.05, 0) is 53.2 Å². The van der Waals surface area contributed by atoms with Crippen molar-refractivity contribution >= 4 is 0 Å². The van der Waals surface area contributed by atoms with Gasteiger partial charge in [0.1, 0.15) is 0 Å².